The minimum absolute atomic E-state index is 0.121. The molecule has 1 amide bonds. The van der Waals surface area contributed by atoms with Crippen LogP contribution in [0.15, 0.2) is 24.3 Å². The van der Waals surface area contributed by atoms with Crippen LogP contribution in [0.4, 0.5) is 9.18 Å². The average Bonchev–Trinajstić information content (AvgIpc) is 2.35. The molecule has 0 saturated carbocycles. The second-order valence-corrected chi connectivity index (χ2v) is 6.56. The van der Waals surface area contributed by atoms with Crippen LogP contribution in [0.3, 0.4) is 0 Å². The maximum absolute atomic E-state index is 13.8. The van der Waals surface area contributed by atoms with Crippen molar-refractivity contribution in [3.8, 4) is 0 Å². The Balaban J connectivity index is 1.95. The molecule has 6 nitrogen and oxygen atoms in total. The minimum Gasteiger partial charge on any atom is -0.480 e. The van der Waals surface area contributed by atoms with E-state index in [1.807, 2.05) is 0 Å². The van der Waals surface area contributed by atoms with Crippen molar-refractivity contribution in [2.75, 3.05) is 13.1 Å². The third-order valence-electron chi connectivity index (χ3n) is 3.43. The first-order chi connectivity index (χ1) is 10.7. The zero-order valence-electron chi connectivity index (χ0n) is 13.4. The van der Waals surface area contributed by atoms with Crippen molar-refractivity contribution in [1.82, 2.24) is 10.2 Å². The Bertz CT molecular complexity index is 594. The zero-order chi connectivity index (χ0) is 17.2. The van der Waals surface area contributed by atoms with Gasteiger partial charge in [-0.2, -0.15) is 0 Å². The van der Waals surface area contributed by atoms with Crippen molar-refractivity contribution < 1.29 is 23.8 Å². The van der Waals surface area contributed by atoms with Crippen molar-refractivity contribution >= 4 is 12.1 Å². The van der Waals surface area contributed by atoms with Crippen molar-refractivity contribution in [2.24, 2.45) is 0 Å². The van der Waals surface area contributed by atoms with Crippen molar-refractivity contribution in [2.45, 2.75) is 38.5 Å². The van der Waals surface area contributed by atoms with Gasteiger partial charge in [0, 0.05) is 18.7 Å². The first-order valence-electron chi connectivity index (χ1n) is 7.38. The number of ether oxygens (including phenoxy) is 1. The number of likely N-dealkylation sites (tertiary alicyclic amines) is 1. The molecule has 0 aromatic heterocycles. The largest absolute Gasteiger partial charge is 0.480 e. The summed E-state index contributed by atoms with van der Waals surface area (Å²) < 4.78 is 19.0. The summed E-state index contributed by atoms with van der Waals surface area (Å²) in [5.74, 6) is -1.67. The molecule has 0 unspecified atom stereocenters. The second-order valence-electron chi connectivity index (χ2n) is 6.56. The summed E-state index contributed by atoms with van der Waals surface area (Å²) in [5, 5.41) is 12.1. The molecule has 2 N–H and O–H groups in total. The van der Waals surface area contributed by atoms with Crippen LogP contribution in [0.1, 0.15) is 32.4 Å². The highest BCUT2D eigenvalue weighted by Crippen LogP contribution is 2.28. The van der Waals surface area contributed by atoms with E-state index < -0.39 is 29.5 Å². The number of nitrogens with zero attached hydrogens (tertiary/aromatic N) is 1. The number of hydrogen-bond acceptors (Lipinski definition) is 4. The number of carbonyl (C=O) groups excluding carboxylic acids is 1. The smallest absolute Gasteiger partial charge is 0.407 e. The summed E-state index contributed by atoms with van der Waals surface area (Å²) in [5.41, 5.74) is -0.472. The third kappa shape index (κ3) is 4.41. The Morgan fingerprint density at radius 1 is 1.35 bits per heavy atom. The van der Waals surface area contributed by atoms with E-state index in [1.54, 1.807) is 31.7 Å². The van der Waals surface area contributed by atoms with Crippen molar-refractivity contribution in [3.63, 3.8) is 0 Å². The Morgan fingerprint density at radius 2 is 1.96 bits per heavy atom. The van der Waals surface area contributed by atoms with Crippen LogP contribution in [-0.4, -0.2) is 46.8 Å². The predicted molar refractivity (Wildman–Crippen MR) is 81.5 cm³/mol. The van der Waals surface area contributed by atoms with Crippen LogP contribution in [0.2, 0.25) is 0 Å². The van der Waals surface area contributed by atoms with E-state index in [1.165, 1.54) is 18.2 Å². The number of halogens is 1. The molecule has 1 heterocycles. The standard InChI is InChI=1S/C16H21FN2O4/c1-16(2,3)23-15(22)18-10-8-19(9-10)13(14(20)21)11-6-4-5-7-12(11)17/h4-7,10,13H,8-9H2,1-3H3,(H,18,22)(H,20,21)/t13-/m1/s1. The number of rotatable bonds is 4. The number of aliphatic carboxylic acids is 1. The minimum atomic E-state index is -1.12. The molecule has 0 radical (unpaired) electrons. The molecule has 7 heteroatoms. The highest BCUT2D eigenvalue weighted by atomic mass is 19.1. The van der Waals surface area contributed by atoms with Gasteiger partial charge in [-0.3, -0.25) is 9.69 Å². The van der Waals surface area contributed by atoms with Gasteiger partial charge in [0.1, 0.15) is 17.5 Å². The molecule has 1 aliphatic rings. The first kappa shape index (κ1) is 17.2. The number of carboxylic acids is 1. The van der Waals surface area contributed by atoms with E-state index in [4.69, 9.17) is 4.74 Å². The Labute approximate surface area is 134 Å². The maximum Gasteiger partial charge on any atom is 0.407 e. The van der Waals surface area contributed by atoms with Gasteiger partial charge in [-0.1, -0.05) is 18.2 Å². The fourth-order valence-electron chi connectivity index (χ4n) is 2.47. The van der Waals surface area contributed by atoms with Crippen LogP contribution in [-0.2, 0) is 9.53 Å². The van der Waals surface area contributed by atoms with E-state index in [-0.39, 0.29) is 11.6 Å². The number of carboxylic acid groups (broad SMARTS) is 1. The van der Waals surface area contributed by atoms with Crippen molar-refractivity contribution in [1.29, 1.82) is 0 Å². The first-order valence-corrected chi connectivity index (χ1v) is 7.38. The molecule has 1 saturated heterocycles. The third-order valence-corrected chi connectivity index (χ3v) is 3.43. The highest BCUT2D eigenvalue weighted by Gasteiger charge is 2.39. The van der Waals surface area contributed by atoms with E-state index >= 15 is 0 Å². The van der Waals surface area contributed by atoms with Gasteiger partial charge >= 0.3 is 12.1 Å². The van der Waals surface area contributed by atoms with Crippen LogP contribution >= 0.6 is 0 Å². The molecule has 1 fully saturated rings. The van der Waals surface area contributed by atoms with E-state index in [0.29, 0.717) is 13.1 Å². The summed E-state index contributed by atoms with van der Waals surface area (Å²) in [6.45, 7) is 5.93. The maximum atomic E-state index is 13.8. The SMILES string of the molecule is CC(C)(C)OC(=O)NC1CN([C@@H](C(=O)O)c2ccccc2F)C1. The molecule has 0 aliphatic carbocycles. The molecule has 1 atom stereocenters. The lowest BCUT2D eigenvalue weighted by Gasteiger charge is -2.43. The van der Waals surface area contributed by atoms with Crippen molar-refractivity contribution in [3.05, 3.63) is 35.6 Å². The fourth-order valence-corrected chi connectivity index (χ4v) is 2.47. The lowest BCUT2D eigenvalue weighted by molar-refractivity contribution is -0.146. The monoisotopic (exact) mass is 324 g/mol. The van der Waals surface area contributed by atoms with Gasteiger partial charge in [0.05, 0.1) is 6.04 Å². The van der Waals surface area contributed by atoms with E-state index in [0.717, 1.165) is 0 Å². The quantitative estimate of drug-likeness (QED) is 0.887. The van der Waals surface area contributed by atoms with Gasteiger partial charge in [0.2, 0.25) is 0 Å². The van der Waals surface area contributed by atoms with Gasteiger partial charge in [0.15, 0.2) is 0 Å². The number of alkyl carbamates (subject to hydrolysis) is 1. The molecule has 126 valence electrons. The number of benzene rings is 1. The van der Waals surface area contributed by atoms with Crippen LogP contribution in [0, 0.1) is 5.82 Å². The molecule has 0 spiro atoms. The molecule has 23 heavy (non-hydrogen) atoms. The number of amides is 1. The molecule has 1 aromatic rings. The number of nitrogens with one attached hydrogen (secondary N) is 1. The Kier molecular flexibility index (Phi) is 4.89. The van der Waals surface area contributed by atoms with Gasteiger partial charge in [0.25, 0.3) is 0 Å². The Morgan fingerprint density at radius 3 is 2.48 bits per heavy atom. The van der Waals surface area contributed by atoms with Gasteiger partial charge in [-0.25, -0.2) is 9.18 Å². The van der Waals surface area contributed by atoms with Gasteiger partial charge < -0.3 is 15.2 Å². The molecular formula is C16H21FN2O4. The van der Waals surface area contributed by atoms with Crippen LogP contribution in [0.25, 0.3) is 0 Å². The van der Waals surface area contributed by atoms with Crippen LogP contribution in [0.5, 0.6) is 0 Å². The lowest BCUT2D eigenvalue weighted by Crippen LogP contribution is -2.61. The summed E-state index contributed by atoms with van der Waals surface area (Å²) in [4.78, 5) is 24.8. The number of hydrogen-bond donors (Lipinski definition) is 2. The summed E-state index contributed by atoms with van der Waals surface area (Å²) in [6.07, 6.45) is -0.542. The summed E-state index contributed by atoms with van der Waals surface area (Å²) >= 11 is 0. The highest BCUT2D eigenvalue weighted by molar-refractivity contribution is 5.76. The lowest BCUT2D eigenvalue weighted by atomic mass is 9.99. The second kappa shape index (κ2) is 6.54. The normalized spacial score (nSPS) is 17.2. The summed E-state index contributed by atoms with van der Waals surface area (Å²) in [6, 6.07) is 4.54. The molecule has 1 aliphatic heterocycles. The van der Waals surface area contributed by atoms with Crippen LogP contribution < -0.4 is 5.32 Å². The fraction of sp³-hybridized carbons (Fsp3) is 0.500. The zero-order valence-corrected chi connectivity index (χ0v) is 13.4. The molecule has 1 aromatic carbocycles. The predicted octanol–water partition coefficient (Wildman–Crippen LogP) is 2.16. The average molecular weight is 324 g/mol. The molecule has 0 bridgehead atoms. The molecular weight excluding hydrogens is 303 g/mol. The van der Waals surface area contributed by atoms with Gasteiger partial charge in [-0.15, -0.1) is 0 Å². The molecule has 2 rings (SSSR count). The van der Waals surface area contributed by atoms with E-state index in [9.17, 15) is 19.1 Å². The summed E-state index contributed by atoms with van der Waals surface area (Å²) in [7, 11) is 0. The number of carbonyl (C=O) groups is 2. The van der Waals surface area contributed by atoms with Gasteiger partial charge in [-0.05, 0) is 26.8 Å². The van der Waals surface area contributed by atoms with E-state index in [2.05, 4.69) is 5.32 Å². The Hall–Kier alpha value is -2.15. The topological polar surface area (TPSA) is 78.9 Å².